The SMILES string of the molecule is O=c1[nH]c2cc(S(=O)(=O)N3CCN(c4ccc(N5CCCCCC5)nn4)CC3)ccc2o1. The van der Waals surface area contributed by atoms with Gasteiger partial charge in [0.1, 0.15) is 0 Å². The highest BCUT2D eigenvalue weighted by atomic mass is 32.2. The van der Waals surface area contributed by atoms with E-state index in [-0.39, 0.29) is 4.90 Å². The van der Waals surface area contributed by atoms with Crippen LogP contribution >= 0.6 is 0 Å². The first-order valence-electron chi connectivity index (χ1n) is 11.0. The molecule has 2 aliphatic rings. The molecule has 2 aromatic heterocycles. The molecule has 2 fully saturated rings. The summed E-state index contributed by atoms with van der Waals surface area (Å²) in [5.41, 5.74) is 0.704. The second kappa shape index (κ2) is 8.55. The number of anilines is 2. The van der Waals surface area contributed by atoms with Gasteiger partial charge < -0.3 is 14.2 Å². The fourth-order valence-electron chi connectivity index (χ4n) is 4.35. The van der Waals surface area contributed by atoms with Crippen LogP contribution in [-0.2, 0) is 10.0 Å². The summed E-state index contributed by atoms with van der Waals surface area (Å²) in [7, 11) is -3.67. The number of hydrogen-bond acceptors (Lipinski definition) is 8. The van der Waals surface area contributed by atoms with E-state index >= 15 is 0 Å². The van der Waals surface area contributed by atoms with Crippen molar-refractivity contribution in [3.63, 3.8) is 0 Å². The molecule has 0 amide bonds. The lowest BCUT2D eigenvalue weighted by Gasteiger charge is -2.34. The molecule has 4 heterocycles. The predicted octanol–water partition coefficient (Wildman–Crippen LogP) is 1.80. The average Bonchev–Trinajstić information content (AvgIpc) is 2.99. The largest absolute Gasteiger partial charge is 0.417 e. The molecule has 2 aliphatic heterocycles. The molecule has 0 saturated carbocycles. The molecule has 32 heavy (non-hydrogen) atoms. The summed E-state index contributed by atoms with van der Waals surface area (Å²) >= 11 is 0. The van der Waals surface area contributed by atoms with Crippen molar-refractivity contribution in [2.24, 2.45) is 0 Å². The minimum atomic E-state index is -3.67. The van der Waals surface area contributed by atoms with Gasteiger partial charge in [0.05, 0.1) is 10.4 Å². The third-order valence-electron chi connectivity index (χ3n) is 6.16. The Morgan fingerprint density at radius 3 is 2.06 bits per heavy atom. The molecule has 1 N–H and O–H groups in total. The van der Waals surface area contributed by atoms with Crippen LogP contribution in [0.2, 0.25) is 0 Å². The van der Waals surface area contributed by atoms with Gasteiger partial charge in [0.2, 0.25) is 10.0 Å². The molecule has 0 aliphatic carbocycles. The number of piperazine rings is 1. The van der Waals surface area contributed by atoms with Crippen molar-refractivity contribution in [2.45, 2.75) is 30.6 Å². The summed E-state index contributed by atoms with van der Waals surface area (Å²) in [5, 5.41) is 8.84. The maximum absolute atomic E-state index is 13.1. The van der Waals surface area contributed by atoms with Crippen molar-refractivity contribution >= 4 is 32.8 Å². The van der Waals surface area contributed by atoms with Crippen molar-refractivity contribution < 1.29 is 12.8 Å². The van der Waals surface area contributed by atoms with E-state index in [1.807, 2.05) is 12.1 Å². The van der Waals surface area contributed by atoms with Crippen LogP contribution in [0.5, 0.6) is 0 Å². The van der Waals surface area contributed by atoms with E-state index in [4.69, 9.17) is 4.42 Å². The van der Waals surface area contributed by atoms with Crippen molar-refractivity contribution in [2.75, 3.05) is 49.1 Å². The van der Waals surface area contributed by atoms with E-state index in [2.05, 4.69) is 25.0 Å². The van der Waals surface area contributed by atoms with Crippen LogP contribution in [0.1, 0.15) is 25.7 Å². The van der Waals surface area contributed by atoms with Crippen molar-refractivity contribution in [1.29, 1.82) is 0 Å². The summed E-state index contributed by atoms with van der Waals surface area (Å²) in [6.45, 7) is 3.78. The van der Waals surface area contributed by atoms with E-state index in [1.54, 1.807) is 0 Å². The maximum atomic E-state index is 13.1. The van der Waals surface area contributed by atoms with Crippen molar-refractivity contribution in [1.82, 2.24) is 19.5 Å². The highest BCUT2D eigenvalue weighted by Crippen LogP contribution is 2.23. The molecule has 170 valence electrons. The number of oxazole rings is 1. The van der Waals surface area contributed by atoms with E-state index < -0.39 is 15.8 Å². The standard InChI is InChI=1S/C21H26N6O4S/c28-21-22-17-15-16(5-6-18(17)31-21)32(29,30)27-13-11-26(12-14-27)20-8-7-19(23-24-20)25-9-3-1-2-4-10-25/h5-8,15H,1-4,9-14H2,(H,22,28). The quantitative estimate of drug-likeness (QED) is 0.629. The van der Waals surface area contributed by atoms with Crippen LogP contribution in [0.15, 0.2) is 44.4 Å². The van der Waals surface area contributed by atoms with E-state index in [1.165, 1.54) is 48.2 Å². The molecule has 11 heteroatoms. The minimum Gasteiger partial charge on any atom is -0.408 e. The third-order valence-corrected chi connectivity index (χ3v) is 8.05. The first kappa shape index (κ1) is 21.0. The predicted molar refractivity (Wildman–Crippen MR) is 121 cm³/mol. The fourth-order valence-corrected chi connectivity index (χ4v) is 5.80. The molecule has 10 nitrogen and oxygen atoms in total. The first-order valence-corrected chi connectivity index (χ1v) is 12.4. The van der Waals surface area contributed by atoms with Crippen LogP contribution in [0.4, 0.5) is 11.6 Å². The molecule has 1 aromatic carbocycles. The Labute approximate surface area is 185 Å². The zero-order valence-electron chi connectivity index (χ0n) is 17.7. The van der Waals surface area contributed by atoms with E-state index in [0.717, 1.165) is 24.7 Å². The summed E-state index contributed by atoms with van der Waals surface area (Å²) in [6.07, 6.45) is 4.90. The van der Waals surface area contributed by atoms with E-state index in [9.17, 15) is 13.2 Å². The van der Waals surface area contributed by atoms with Gasteiger partial charge in [-0.3, -0.25) is 4.98 Å². The molecule has 0 bridgehead atoms. The third kappa shape index (κ3) is 4.09. The Bertz CT molecular complexity index is 1240. The number of aromatic nitrogens is 3. The lowest BCUT2D eigenvalue weighted by molar-refractivity contribution is 0.383. The fraction of sp³-hybridized carbons (Fsp3) is 0.476. The summed E-state index contributed by atoms with van der Waals surface area (Å²) in [4.78, 5) is 18.3. The average molecular weight is 459 g/mol. The number of hydrogen-bond donors (Lipinski definition) is 1. The molecule has 0 spiro atoms. The number of rotatable bonds is 4. The number of aromatic amines is 1. The number of sulfonamides is 1. The van der Waals surface area contributed by atoms with Gasteiger partial charge in [-0.05, 0) is 43.2 Å². The topological polar surface area (TPSA) is 116 Å². The van der Waals surface area contributed by atoms with Gasteiger partial charge in [0.25, 0.3) is 0 Å². The monoisotopic (exact) mass is 458 g/mol. The Balaban J connectivity index is 1.25. The highest BCUT2D eigenvalue weighted by molar-refractivity contribution is 7.89. The van der Waals surface area contributed by atoms with Crippen LogP contribution in [0.3, 0.4) is 0 Å². The zero-order chi connectivity index (χ0) is 22.1. The Hall–Kier alpha value is -2.92. The number of benzene rings is 1. The van der Waals surface area contributed by atoms with Crippen LogP contribution in [0.25, 0.3) is 11.1 Å². The minimum absolute atomic E-state index is 0.136. The molecule has 0 unspecified atom stereocenters. The van der Waals surface area contributed by atoms with Gasteiger partial charge in [0, 0.05) is 39.3 Å². The normalized spacial score (nSPS) is 18.8. The molecule has 3 aromatic rings. The molecule has 0 atom stereocenters. The van der Waals surface area contributed by atoms with E-state index in [0.29, 0.717) is 37.3 Å². The van der Waals surface area contributed by atoms with Crippen LogP contribution in [-0.4, -0.2) is 67.2 Å². The molecule has 2 saturated heterocycles. The van der Waals surface area contributed by atoms with Gasteiger partial charge in [0.15, 0.2) is 17.2 Å². The summed E-state index contributed by atoms with van der Waals surface area (Å²) in [6, 6.07) is 8.39. The Morgan fingerprint density at radius 2 is 1.44 bits per heavy atom. The van der Waals surface area contributed by atoms with Gasteiger partial charge in [-0.2, -0.15) is 4.31 Å². The summed E-state index contributed by atoms with van der Waals surface area (Å²) in [5.74, 6) is 1.06. The molecule has 0 radical (unpaired) electrons. The lowest BCUT2D eigenvalue weighted by atomic mass is 10.2. The van der Waals surface area contributed by atoms with Gasteiger partial charge >= 0.3 is 5.76 Å². The molecular formula is C21H26N6O4S. The highest BCUT2D eigenvalue weighted by Gasteiger charge is 2.29. The second-order valence-electron chi connectivity index (χ2n) is 8.21. The van der Waals surface area contributed by atoms with Crippen molar-refractivity contribution in [3.8, 4) is 0 Å². The lowest BCUT2D eigenvalue weighted by Crippen LogP contribution is -2.49. The summed E-state index contributed by atoms with van der Waals surface area (Å²) < 4.78 is 32.6. The smallest absolute Gasteiger partial charge is 0.408 e. The van der Waals surface area contributed by atoms with Crippen molar-refractivity contribution in [3.05, 3.63) is 40.9 Å². The van der Waals surface area contributed by atoms with Crippen LogP contribution in [0, 0.1) is 0 Å². The number of H-pyrrole nitrogens is 1. The first-order chi connectivity index (χ1) is 15.5. The Morgan fingerprint density at radius 1 is 0.812 bits per heavy atom. The number of nitrogens with one attached hydrogen (secondary N) is 1. The van der Waals surface area contributed by atoms with Crippen LogP contribution < -0.4 is 15.6 Å². The van der Waals surface area contributed by atoms with Gasteiger partial charge in [-0.25, -0.2) is 13.2 Å². The molecular weight excluding hydrogens is 432 g/mol. The second-order valence-corrected chi connectivity index (χ2v) is 10.2. The maximum Gasteiger partial charge on any atom is 0.417 e. The zero-order valence-corrected chi connectivity index (χ0v) is 18.6. The number of nitrogens with zero attached hydrogens (tertiary/aromatic N) is 5. The van der Waals surface area contributed by atoms with Gasteiger partial charge in [-0.15, -0.1) is 10.2 Å². The Kier molecular flexibility index (Phi) is 5.60. The molecule has 5 rings (SSSR count). The van der Waals surface area contributed by atoms with Gasteiger partial charge in [-0.1, -0.05) is 12.8 Å². The number of fused-ring (bicyclic) bond motifs is 1.